The normalized spacial score (nSPS) is 10.0. The van der Waals surface area contributed by atoms with Crippen molar-refractivity contribution in [1.29, 1.82) is 0 Å². The van der Waals surface area contributed by atoms with Crippen molar-refractivity contribution in [2.24, 2.45) is 0 Å². The van der Waals surface area contributed by atoms with E-state index in [0.29, 0.717) is 5.75 Å². The molecule has 0 saturated carbocycles. The topological polar surface area (TPSA) is 75.6 Å². The van der Waals surface area contributed by atoms with Crippen LogP contribution in [-0.2, 0) is 0 Å². The first kappa shape index (κ1) is 14.5. The maximum atomic E-state index is 13.1. The Bertz CT molecular complexity index is 700. The zero-order valence-corrected chi connectivity index (χ0v) is 11.1. The molecule has 0 unspecified atom stereocenters. The highest BCUT2D eigenvalue weighted by Crippen LogP contribution is 2.23. The molecule has 0 aliphatic rings. The quantitative estimate of drug-likeness (QED) is 0.907. The lowest BCUT2D eigenvalue weighted by molar-refractivity contribution is 0.0698. The monoisotopic (exact) mass is 289 g/mol. The van der Waals surface area contributed by atoms with Gasteiger partial charge in [0.05, 0.1) is 18.4 Å². The minimum atomic E-state index is -1.19. The SMILES string of the molecule is COc1ccc(C(=O)O)c(NC(=O)c2cccc(F)c2)c1. The Labute approximate surface area is 120 Å². The minimum Gasteiger partial charge on any atom is -0.497 e. The number of carbonyl (C=O) groups excluding carboxylic acids is 1. The molecule has 2 aromatic carbocycles. The van der Waals surface area contributed by atoms with Crippen molar-refractivity contribution >= 4 is 17.6 Å². The van der Waals surface area contributed by atoms with Gasteiger partial charge in [0.25, 0.3) is 5.91 Å². The third kappa shape index (κ3) is 3.36. The molecule has 108 valence electrons. The summed E-state index contributed by atoms with van der Waals surface area (Å²) in [6, 6.07) is 9.29. The van der Waals surface area contributed by atoms with Crippen molar-refractivity contribution in [3.8, 4) is 5.75 Å². The molecule has 1 amide bonds. The first-order valence-electron chi connectivity index (χ1n) is 5.99. The predicted octanol–water partition coefficient (Wildman–Crippen LogP) is 2.78. The largest absolute Gasteiger partial charge is 0.497 e. The molecule has 0 aliphatic heterocycles. The molecule has 0 atom stereocenters. The summed E-state index contributed by atoms with van der Waals surface area (Å²) in [6.45, 7) is 0. The third-order valence-corrected chi connectivity index (χ3v) is 2.79. The molecule has 6 heteroatoms. The number of amides is 1. The summed E-state index contributed by atoms with van der Waals surface area (Å²) in [5.41, 5.74) is 0.0887. The van der Waals surface area contributed by atoms with Gasteiger partial charge in [-0.05, 0) is 30.3 Å². The molecule has 0 saturated heterocycles. The maximum Gasteiger partial charge on any atom is 0.337 e. The molecular weight excluding hydrogens is 277 g/mol. The van der Waals surface area contributed by atoms with Gasteiger partial charge in [-0.1, -0.05) is 6.07 Å². The van der Waals surface area contributed by atoms with Gasteiger partial charge >= 0.3 is 5.97 Å². The van der Waals surface area contributed by atoms with Crippen LogP contribution in [0.1, 0.15) is 20.7 Å². The maximum absolute atomic E-state index is 13.1. The van der Waals surface area contributed by atoms with Gasteiger partial charge < -0.3 is 15.2 Å². The Balaban J connectivity index is 2.33. The Hall–Kier alpha value is -2.89. The van der Waals surface area contributed by atoms with Crippen LogP contribution in [0.4, 0.5) is 10.1 Å². The molecule has 0 spiro atoms. The zero-order valence-electron chi connectivity index (χ0n) is 11.1. The van der Waals surface area contributed by atoms with Crippen LogP contribution < -0.4 is 10.1 Å². The average Bonchev–Trinajstić information content (AvgIpc) is 2.46. The zero-order chi connectivity index (χ0) is 15.4. The van der Waals surface area contributed by atoms with E-state index in [4.69, 9.17) is 9.84 Å². The summed E-state index contributed by atoms with van der Waals surface area (Å²) >= 11 is 0. The number of carbonyl (C=O) groups is 2. The molecule has 0 radical (unpaired) electrons. The van der Waals surface area contributed by atoms with Gasteiger partial charge in [0.1, 0.15) is 11.6 Å². The molecule has 0 aromatic heterocycles. The fourth-order valence-electron chi connectivity index (χ4n) is 1.76. The standard InChI is InChI=1S/C15H12FNO4/c1-21-11-5-6-12(15(19)20)13(8-11)17-14(18)9-3-2-4-10(16)7-9/h2-8H,1H3,(H,17,18)(H,19,20). The van der Waals surface area contributed by atoms with E-state index in [9.17, 15) is 14.0 Å². The van der Waals surface area contributed by atoms with Crippen molar-refractivity contribution in [3.63, 3.8) is 0 Å². The van der Waals surface area contributed by atoms with Gasteiger partial charge in [-0.3, -0.25) is 4.79 Å². The fraction of sp³-hybridized carbons (Fsp3) is 0.0667. The van der Waals surface area contributed by atoms with E-state index in [0.717, 1.165) is 6.07 Å². The van der Waals surface area contributed by atoms with Crippen molar-refractivity contribution < 1.29 is 23.8 Å². The van der Waals surface area contributed by atoms with Gasteiger partial charge in [-0.25, -0.2) is 9.18 Å². The van der Waals surface area contributed by atoms with Crippen LogP contribution >= 0.6 is 0 Å². The number of hydrogen-bond acceptors (Lipinski definition) is 3. The third-order valence-electron chi connectivity index (χ3n) is 2.79. The lowest BCUT2D eigenvalue weighted by atomic mass is 10.1. The Morgan fingerprint density at radius 3 is 2.57 bits per heavy atom. The first-order valence-corrected chi connectivity index (χ1v) is 5.99. The highest BCUT2D eigenvalue weighted by Gasteiger charge is 2.15. The van der Waals surface area contributed by atoms with Crippen LogP contribution in [0.2, 0.25) is 0 Å². The van der Waals surface area contributed by atoms with E-state index in [1.165, 1.54) is 43.5 Å². The highest BCUT2D eigenvalue weighted by molar-refractivity contribution is 6.07. The number of nitrogens with one attached hydrogen (secondary N) is 1. The summed E-state index contributed by atoms with van der Waals surface area (Å²) in [5.74, 6) is -1.95. The van der Waals surface area contributed by atoms with Crippen molar-refractivity contribution in [3.05, 3.63) is 59.4 Å². The fourth-order valence-corrected chi connectivity index (χ4v) is 1.76. The number of ether oxygens (including phenoxy) is 1. The Morgan fingerprint density at radius 1 is 1.19 bits per heavy atom. The van der Waals surface area contributed by atoms with Crippen molar-refractivity contribution in [1.82, 2.24) is 0 Å². The summed E-state index contributed by atoms with van der Waals surface area (Å²) < 4.78 is 18.1. The summed E-state index contributed by atoms with van der Waals surface area (Å²) in [4.78, 5) is 23.2. The van der Waals surface area contributed by atoms with E-state index in [1.54, 1.807) is 0 Å². The number of halogens is 1. The molecule has 0 fully saturated rings. The van der Waals surface area contributed by atoms with Gasteiger partial charge in [0.2, 0.25) is 0 Å². The molecule has 2 N–H and O–H groups in total. The minimum absolute atomic E-state index is 0.0797. The van der Waals surface area contributed by atoms with E-state index >= 15 is 0 Å². The number of methoxy groups -OCH3 is 1. The highest BCUT2D eigenvalue weighted by atomic mass is 19.1. The number of hydrogen-bond donors (Lipinski definition) is 2. The van der Waals surface area contributed by atoms with E-state index in [-0.39, 0.29) is 16.8 Å². The smallest absolute Gasteiger partial charge is 0.337 e. The molecule has 0 bridgehead atoms. The van der Waals surface area contributed by atoms with Crippen molar-refractivity contribution in [2.75, 3.05) is 12.4 Å². The molecule has 2 aromatic rings. The number of carboxylic acid groups (broad SMARTS) is 1. The molecule has 0 aliphatic carbocycles. The number of carboxylic acids is 1. The van der Waals surface area contributed by atoms with Gasteiger partial charge in [0.15, 0.2) is 0 Å². The Morgan fingerprint density at radius 2 is 1.95 bits per heavy atom. The second-order valence-corrected chi connectivity index (χ2v) is 4.18. The average molecular weight is 289 g/mol. The van der Waals surface area contributed by atoms with Crippen LogP contribution in [0.3, 0.4) is 0 Å². The number of aromatic carboxylic acids is 1. The molecular formula is C15H12FNO4. The molecule has 21 heavy (non-hydrogen) atoms. The Kier molecular flexibility index (Phi) is 4.18. The van der Waals surface area contributed by atoms with Crippen LogP contribution in [0.5, 0.6) is 5.75 Å². The second-order valence-electron chi connectivity index (χ2n) is 4.18. The van der Waals surface area contributed by atoms with Crippen molar-refractivity contribution in [2.45, 2.75) is 0 Å². The van der Waals surface area contributed by atoms with Gasteiger partial charge in [-0.2, -0.15) is 0 Å². The molecule has 2 rings (SSSR count). The summed E-state index contributed by atoms with van der Waals surface area (Å²) in [5, 5.41) is 11.5. The molecule has 5 nitrogen and oxygen atoms in total. The van der Waals surface area contributed by atoms with Crippen LogP contribution in [0, 0.1) is 5.82 Å². The van der Waals surface area contributed by atoms with Gasteiger partial charge in [0, 0.05) is 11.6 Å². The van der Waals surface area contributed by atoms with E-state index in [2.05, 4.69) is 5.32 Å². The number of anilines is 1. The predicted molar refractivity (Wildman–Crippen MR) is 74.3 cm³/mol. The second kappa shape index (κ2) is 6.04. The summed E-state index contributed by atoms with van der Waals surface area (Å²) in [6.07, 6.45) is 0. The first-order chi connectivity index (χ1) is 10.0. The number of benzene rings is 2. The summed E-state index contributed by atoms with van der Waals surface area (Å²) in [7, 11) is 1.42. The van der Waals surface area contributed by atoms with Crippen LogP contribution in [0.25, 0.3) is 0 Å². The molecule has 0 heterocycles. The van der Waals surface area contributed by atoms with Crippen LogP contribution in [0.15, 0.2) is 42.5 Å². The van der Waals surface area contributed by atoms with E-state index in [1.807, 2.05) is 0 Å². The lowest BCUT2D eigenvalue weighted by Gasteiger charge is -2.10. The van der Waals surface area contributed by atoms with Gasteiger partial charge in [-0.15, -0.1) is 0 Å². The van der Waals surface area contributed by atoms with Crippen LogP contribution in [-0.4, -0.2) is 24.1 Å². The number of rotatable bonds is 4. The lowest BCUT2D eigenvalue weighted by Crippen LogP contribution is -2.15. The van der Waals surface area contributed by atoms with E-state index < -0.39 is 17.7 Å².